The van der Waals surface area contributed by atoms with E-state index in [9.17, 15) is 13.2 Å². The molecule has 0 atom stereocenters. The number of carbonyl (C=O) groups excluding carboxylic acids is 1. The summed E-state index contributed by atoms with van der Waals surface area (Å²) in [4.78, 5) is 13.6. The normalized spacial score (nSPS) is 15.9. The third-order valence-electron chi connectivity index (χ3n) is 4.89. The monoisotopic (exact) mass is 496 g/mol. The molecule has 0 spiro atoms. The van der Waals surface area contributed by atoms with E-state index in [1.165, 1.54) is 9.20 Å². The number of benzene rings is 2. The van der Waals surface area contributed by atoms with Gasteiger partial charge in [0.1, 0.15) is 0 Å². The van der Waals surface area contributed by atoms with Crippen molar-refractivity contribution in [1.29, 1.82) is 0 Å². The van der Waals surface area contributed by atoms with Gasteiger partial charge in [-0.3, -0.25) is 4.79 Å². The van der Waals surface area contributed by atoms with Crippen molar-refractivity contribution in [3.8, 4) is 0 Å². The highest BCUT2D eigenvalue weighted by Crippen LogP contribution is 2.23. The molecule has 1 fully saturated rings. The average molecular weight is 497 g/mol. The molecule has 1 saturated heterocycles. The SMILES string of the molecule is O=C(NCCSc1ccccc1)C1CCN(S(=O)(=O)Cc2ccc(Br)cc2)CC1. The molecule has 2 aromatic carbocycles. The van der Waals surface area contributed by atoms with Gasteiger partial charge in [-0.2, -0.15) is 0 Å². The predicted octanol–water partition coefficient (Wildman–Crippen LogP) is 3.90. The van der Waals surface area contributed by atoms with Crippen LogP contribution >= 0.6 is 27.7 Å². The summed E-state index contributed by atoms with van der Waals surface area (Å²) in [5.41, 5.74) is 0.768. The van der Waals surface area contributed by atoms with E-state index in [0.717, 1.165) is 15.8 Å². The first-order chi connectivity index (χ1) is 13.9. The Kier molecular flexibility index (Phi) is 8.17. The molecule has 0 saturated carbocycles. The maximum Gasteiger partial charge on any atom is 0.223 e. The molecule has 0 radical (unpaired) electrons. The zero-order valence-electron chi connectivity index (χ0n) is 16.1. The van der Waals surface area contributed by atoms with E-state index in [1.807, 2.05) is 42.5 Å². The van der Waals surface area contributed by atoms with Crippen LogP contribution in [0.5, 0.6) is 0 Å². The van der Waals surface area contributed by atoms with Crippen molar-refractivity contribution in [3.63, 3.8) is 0 Å². The third-order valence-corrected chi connectivity index (χ3v) is 8.29. The molecule has 29 heavy (non-hydrogen) atoms. The van der Waals surface area contributed by atoms with Gasteiger partial charge in [0.25, 0.3) is 0 Å². The Bertz CT molecular complexity index is 897. The molecule has 2 aromatic rings. The highest BCUT2D eigenvalue weighted by molar-refractivity contribution is 9.10. The first-order valence-corrected chi connectivity index (χ1v) is 13.0. The Morgan fingerprint density at radius 3 is 2.38 bits per heavy atom. The van der Waals surface area contributed by atoms with E-state index in [4.69, 9.17) is 0 Å². The van der Waals surface area contributed by atoms with Gasteiger partial charge >= 0.3 is 0 Å². The summed E-state index contributed by atoms with van der Waals surface area (Å²) in [7, 11) is -3.37. The fraction of sp³-hybridized carbons (Fsp3) is 0.381. The topological polar surface area (TPSA) is 66.5 Å². The Hall–Kier alpha value is -1.35. The maximum atomic E-state index is 12.7. The second-order valence-corrected chi connectivity index (χ2v) is 11.1. The van der Waals surface area contributed by atoms with E-state index >= 15 is 0 Å². The summed E-state index contributed by atoms with van der Waals surface area (Å²) in [6, 6.07) is 17.4. The smallest absolute Gasteiger partial charge is 0.223 e. The number of piperidine rings is 1. The number of sulfonamides is 1. The number of nitrogens with one attached hydrogen (secondary N) is 1. The van der Waals surface area contributed by atoms with Crippen molar-refractivity contribution in [1.82, 2.24) is 9.62 Å². The van der Waals surface area contributed by atoms with Gasteiger partial charge in [0, 0.05) is 40.7 Å². The fourth-order valence-electron chi connectivity index (χ4n) is 3.28. The zero-order chi connectivity index (χ0) is 20.7. The lowest BCUT2D eigenvalue weighted by atomic mass is 9.97. The molecule has 0 bridgehead atoms. The standard InChI is InChI=1S/C21H25BrN2O3S2/c22-19-8-6-17(7-9-19)16-29(26,27)24-13-10-18(11-14-24)21(25)23-12-15-28-20-4-2-1-3-5-20/h1-9,18H,10-16H2,(H,23,25). The average Bonchev–Trinajstić information content (AvgIpc) is 2.73. The Balaban J connectivity index is 1.40. The summed E-state index contributed by atoms with van der Waals surface area (Å²) in [6.07, 6.45) is 1.13. The minimum atomic E-state index is -3.37. The summed E-state index contributed by atoms with van der Waals surface area (Å²) in [5, 5.41) is 2.99. The second-order valence-electron chi connectivity index (χ2n) is 7.01. The van der Waals surface area contributed by atoms with Gasteiger partial charge in [0.2, 0.25) is 15.9 Å². The van der Waals surface area contributed by atoms with Crippen molar-refractivity contribution < 1.29 is 13.2 Å². The van der Waals surface area contributed by atoms with E-state index in [1.54, 1.807) is 11.8 Å². The van der Waals surface area contributed by atoms with Gasteiger partial charge in [0.15, 0.2) is 0 Å². The van der Waals surface area contributed by atoms with Crippen LogP contribution in [0, 0.1) is 5.92 Å². The Morgan fingerprint density at radius 2 is 1.72 bits per heavy atom. The van der Waals surface area contributed by atoms with Crippen LogP contribution in [0.15, 0.2) is 64.0 Å². The molecule has 1 aliphatic rings. The highest BCUT2D eigenvalue weighted by atomic mass is 79.9. The van der Waals surface area contributed by atoms with E-state index in [2.05, 4.69) is 33.4 Å². The lowest BCUT2D eigenvalue weighted by Gasteiger charge is -2.30. The molecule has 8 heteroatoms. The zero-order valence-corrected chi connectivity index (χ0v) is 19.3. The number of halogens is 1. The largest absolute Gasteiger partial charge is 0.355 e. The van der Waals surface area contributed by atoms with Gasteiger partial charge in [-0.1, -0.05) is 46.3 Å². The third kappa shape index (κ3) is 6.84. The molecule has 156 valence electrons. The van der Waals surface area contributed by atoms with Crippen molar-refractivity contribution >= 4 is 43.6 Å². The Morgan fingerprint density at radius 1 is 1.07 bits per heavy atom. The summed E-state index contributed by atoms with van der Waals surface area (Å²) >= 11 is 5.07. The van der Waals surface area contributed by atoms with Crippen LogP contribution in [0.1, 0.15) is 18.4 Å². The molecule has 1 N–H and O–H groups in total. The molecule has 0 unspecified atom stereocenters. The number of hydrogen-bond donors (Lipinski definition) is 1. The van der Waals surface area contributed by atoms with E-state index in [0.29, 0.717) is 32.5 Å². The first kappa shape index (κ1) is 22.3. The van der Waals surface area contributed by atoms with Gasteiger partial charge in [0.05, 0.1) is 5.75 Å². The van der Waals surface area contributed by atoms with Crippen molar-refractivity contribution in [3.05, 3.63) is 64.6 Å². The molecule has 0 aliphatic carbocycles. The fourth-order valence-corrected chi connectivity index (χ4v) is 5.90. The number of amides is 1. The van der Waals surface area contributed by atoms with E-state index < -0.39 is 10.0 Å². The number of hydrogen-bond acceptors (Lipinski definition) is 4. The van der Waals surface area contributed by atoms with Gasteiger partial charge < -0.3 is 5.32 Å². The minimum Gasteiger partial charge on any atom is -0.355 e. The number of rotatable bonds is 8. The van der Waals surface area contributed by atoms with Crippen LogP contribution in [-0.4, -0.2) is 44.0 Å². The molecular weight excluding hydrogens is 472 g/mol. The number of carbonyl (C=O) groups is 1. The molecular formula is C21H25BrN2O3S2. The van der Waals surface area contributed by atoms with Crippen molar-refractivity contribution in [2.24, 2.45) is 5.92 Å². The number of nitrogens with zero attached hydrogens (tertiary/aromatic N) is 1. The summed E-state index contributed by atoms with van der Waals surface area (Å²) in [6.45, 7) is 1.41. The van der Waals surface area contributed by atoms with E-state index in [-0.39, 0.29) is 17.6 Å². The van der Waals surface area contributed by atoms with Crippen LogP contribution in [0.2, 0.25) is 0 Å². The summed E-state index contributed by atoms with van der Waals surface area (Å²) < 4.78 is 27.8. The molecule has 1 amide bonds. The minimum absolute atomic E-state index is 0.00610. The van der Waals surface area contributed by atoms with Crippen LogP contribution in [0.3, 0.4) is 0 Å². The van der Waals surface area contributed by atoms with Gasteiger partial charge in [-0.15, -0.1) is 11.8 Å². The van der Waals surface area contributed by atoms with Gasteiger partial charge in [-0.05, 0) is 42.7 Å². The Labute approximate surface area is 185 Å². The van der Waals surface area contributed by atoms with Crippen LogP contribution in [-0.2, 0) is 20.6 Å². The van der Waals surface area contributed by atoms with Crippen LogP contribution < -0.4 is 5.32 Å². The molecule has 3 rings (SSSR count). The predicted molar refractivity (Wildman–Crippen MR) is 121 cm³/mol. The summed E-state index contributed by atoms with van der Waals surface area (Å²) in [5.74, 6) is 0.726. The number of thioether (sulfide) groups is 1. The van der Waals surface area contributed by atoms with Crippen LogP contribution in [0.25, 0.3) is 0 Å². The molecule has 5 nitrogen and oxygen atoms in total. The van der Waals surface area contributed by atoms with Gasteiger partial charge in [-0.25, -0.2) is 12.7 Å². The molecule has 1 aliphatic heterocycles. The first-order valence-electron chi connectivity index (χ1n) is 9.62. The second kappa shape index (κ2) is 10.6. The molecule has 1 heterocycles. The van der Waals surface area contributed by atoms with Crippen molar-refractivity contribution in [2.75, 3.05) is 25.4 Å². The molecule has 0 aromatic heterocycles. The maximum absolute atomic E-state index is 12.7. The quantitative estimate of drug-likeness (QED) is 0.444. The lowest BCUT2D eigenvalue weighted by Crippen LogP contribution is -2.43. The highest BCUT2D eigenvalue weighted by Gasteiger charge is 2.31. The van der Waals surface area contributed by atoms with Crippen molar-refractivity contribution in [2.45, 2.75) is 23.5 Å². The van der Waals surface area contributed by atoms with Crippen LogP contribution in [0.4, 0.5) is 0 Å². The lowest BCUT2D eigenvalue weighted by molar-refractivity contribution is -0.125.